The Kier molecular flexibility index (Phi) is 5.45. The highest BCUT2D eigenvalue weighted by atomic mass is 32.2. The highest BCUT2D eigenvalue weighted by Crippen LogP contribution is 2.55. The molecule has 0 radical (unpaired) electrons. The van der Waals surface area contributed by atoms with Gasteiger partial charge in [-0.15, -0.1) is 11.3 Å². The van der Waals surface area contributed by atoms with E-state index in [0.29, 0.717) is 16.1 Å². The molecule has 1 aromatic carbocycles. The Labute approximate surface area is 198 Å². The van der Waals surface area contributed by atoms with Gasteiger partial charge in [0.05, 0.1) is 4.88 Å². The summed E-state index contributed by atoms with van der Waals surface area (Å²) in [5.74, 6) is -0.250. The minimum Gasteiger partial charge on any atom is -0.324 e. The van der Waals surface area contributed by atoms with E-state index in [1.54, 1.807) is 12.1 Å². The maximum Gasteiger partial charge on any atom is 0.433 e. The number of hydrogen-bond donors (Lipinski definition) is 2. The summed E-state index contributed by atoms with van der Waals surface area (Å²) in [5.41, 5.74) is 7.43. The average Bonchev–Trinajstić information content (AvgIpc) is 3.70. The van der Waals surface area contributed by atoms with Crippen LogP contribution >= 0.6 is 11.3 Å². The molecular formula is C22H22F3N5O2S2. The molecule has 2 aliphatic carbocycles. The summed E-state index contributed by atoms with van der Waals surface area (Å²) in [5, 5.41) is 2.80. The van der Waals surface area contributed by atoms with Crippen molar-refractivity contribution in [3.63, 3.8) is 0 Å². The molecule has 3 aromatic rings. The van der Waals surface area contributed by atoms with Crippen molar-refractivity contribution in [3.8, 4) is 10.4 Å². The Morgan fingerprint density at radius 1 is 1.09 bits per heavy atom. The predicted molar refractivity (Wildman–Crippen MR) is 122 cm³/mol. The number of nitrogens with zero attached hydrogens (tertiary/aromatic N) is 3. The van der Waals surface area contributed by atoms with Crippen LogP contribution in [0.5, 0.6) is 0 Å². The second-order valence-electron chi connectivity index (χ2n) is 8.87. The number of anilines is 2. The molecule has 2 heterocycles. The Balaban J connectivity index is 1.44. The van der Waals surface area contributed by atoms with Gasteiger partial charge in [0.15, 0.2) is 0 Å². The Morgan fingerprint density at radius 3 is 2.38 bits per heavy atom. The van der Waals surface area contributed by atoms with Crippen molar-refractivity contribution in [1.29, 1.82) is 0 Å². The summed E-state index contributed by atoms with van der Waals surface area (Å²) in [6.45, 7) is 1.82. The zero-order valence-electron chi connectivity index (χ0n) is 18.1. The first-order valence-corrected chi connectivity index (χ1v) is 13.1. The van der Waals surface area contributed by atoms with Crippen LogP contribution in [0.15, 0.2) is 41.0 Å². The van der Waals surface area contributed by atoms with Crippen LogP contribution in [0.25, 0.3) is 10.4 Å². The van der Waals surface area contributed by atoms with Gasteiger partial charge >= 0.3 is 6.18 Å². The van der Waals surface area contributed by atoms with E-state index in [-0.39, 0.29) is 22.1 Å². The average molecular weight is 510 g/mol. The lowest BCUT2D eigenvalue weighted by Gasteiger charge is -2.28. The number of aryl methyl sites for hydroxylation is 1. The standard InChI is InChI=1S/C22H22F3N5O2S2/c1-12-8-13(10-16(9-12)29-19-27-7-6-18(30-19)22(23,24)25)17-11-28-20(33-17)34(31,32)21(26,14-2-3-14)15-4-5-15/h6-11,14-15H,2-5,26H2,1H3,(H,27,29,30). The predicted octanol–water partition coefficient (Wildman–Crippen LogP) is 4.92. The van der Waals surface area contributed by atoms with Gasteiger partial charge in [0.25, 0.3) is 0 Å². The number of hydrogen-bond acceptors (Lipinski definition) is 8. The molecule has 0 aliphatic heterocycles. The van der Waals surface area contributed by atoms with E-state index in [2.05, 4.69) is 20.3 Å². The number of alkyl halides is 3. The summed E-state index contributed by atoms with van der Waals surface area (Å²) >= 11 is 1.05. The van der Waals surface area contributed by atoms with Crippen molar-refractivity contribution in [2.75, 3.05) is 5.32 Å². The molecule has 2 fully saturated rings. The van der Waals surface area contributed by atoms with Crippen molar-refractivity contribution in [2.24, 2.45) is 17.6 Å². The molecule has 5 rings (SSSR count). The van der Waals surface area contributed by atoms with Gasteiger partial charge in [-0.3, -0.25) is 0 Å². The van der Waals surface area contributed by atoms with Gasteiger partial charge in [-0.2, -0.15) is 13.2 Å². The van der Waals surface area contributed by atoms with Crippen molar-refractivity contribution in [3.05, 3.63) is 47.9 Å². The number of aromatic nitrogens is 3. The van der Waals surface area contributed by atoms with Gasteiger partial charge in [-0.1, -0.05) is 6.07 Å². The number of rotatable bonds is 7. The second kappa shape index (κ2) is 7.99. The van der Waals surface area contributed by atoms with Crippen molar-refractivity contribution in [2.45, 2.75) is 48.0 Å². The maximum atomic E-state index is 13.5. The fourth-order valence-electron chi connectivity index (χ4n) is 4.21. The monoisotopic (exact) mass is 509 g/mol. The molecule has 34 heavy (non-hydrogen) atoms. The first-order chi connectivity index (χ1) is 16.0. The van der Waals surface area contributed by atoms with Crippen LogP contribution < -0.4 is 11.1 Å². The molecule has 180 valence electrons. The third-order valence-corrected chi connectivity index (χ3v) is 10.1. The van der Waals surface area contributed by atoms with Crippen LogP contribution in [0.1, 0.15) is 36.9 Å². The van der Waals surface area contributed by atoms with E-state index in [4.69, 9.17) is 5.73 Å². The third-order valence-electron chi connectivity index (χ3n) is 6.17. The maximum absolute atomic E-state index is 13.5. The van der Waals surface area contributed by atoms with Gasteiger partial charge < -0.3 is 11.1 Å². The Bertz CT molecular complexity index is 1340. The third kappa shape index (κ3) is 4.18. The highest BCUT2D eigenvalue weighted by Gasteiger charge is 2.61. The van der Waals surface area contributed by atoms with Crippen LogP contribution in [0.4, 0.5) is 24.8 Å². The minimum atomic E-state index is -4.58. The van der Waals surface area contributed by atoms with E-state index in [0.717, 1.165) is 54.8 Å². The molecule has 0 atom stereocenters. The summed E-state index contributed by atoms with van der Waals surface area (Å²) in [6.07, 6.45) is 1.21. The molecule has 0 spiro atoms. The summed E-state index contributed by atoms with van der Waals surface area (Å²) in [6, 6.07) is 6.07. The number of benzene rings is 1. The minimum absolute atomic E-state index is 0.000951. The molecular weight excluding hydrogens is 487 g/mol. The molecule has 0 saturated heterocycles. The van der Waals surface area contributed by atoms with Gasteiger partial charge in [0.2, 0.25) is 20.1 Å². The number of nitrogens with one attached hydrogen (secondary N) is 1. The Morgan fingerprint density at radius 2 is 1.76 bits per heavy atom. The molecule has 3 N–H and O–H groups in total. The highest BCUT2D eigenvalue weighted by molar-refractivity contribution is 7.94. The second-order valence-corrected chi connectivity index (χ2v) is 12.3. The molecule has 2 aliphatic rings. The number of nitrogens with two attached hydrogens (primary N) is 1. The lowest BCUT2D eigenvalue weighted by molar-refractivity contribution is -0.141. The van der Waals surface area contributed by atoms with E-state index < -0.39 is 26.6 Å². The quantitative estimate of drug-likeness (QED) is 0.465. The van der Waals surface area contributed by atoms with Crippen LogP contribution in [0.3, 0.4) is 0 Å². The van der Waals surface area contributed by atoms with E-state index in [1.165, 1.54) is 6.20 Å². The number of halogens is 3. The topological polar surface area (TPSA) is 111 Å². The fraction of sp³-hybridized carbons (Fsp3) is 0.409. The van der Waals surface area contributed by atoms with Gasteiger partial charge in [0, 0.05) is 18.1 Å². The summed E-state index contributed by atoms with van der Waals surface area (Å²) in [7, 11) is -3.81. The summed E-state index contributed by atoms with van der Waals surface area (Å²) in [4.78, 5) is 11.0. The molecule has 0 bridgehead atoms. The van der Waals surface area contributed by atoms with Crippen LogP contribution in [-0.2, 0) is 16.0 Å². The van der Waals surface area contributed by atoms with E-state index in [9.17, 15) is 21.6 Å². The first kappa shape index (κ1) is 23.2. The molecule has 0 unspecified atom stereocenters. The summed E-state index contributed by atoms with van der Waals surface area (Å²) < 4.78 is 65.8. The molecule has 12 heteroatoms. The molecule has 0 amide bonds. The largest absolute Gasteiger partial charge is 0.433 e. The molecule has 7 nitrogen and oxygen atoms in total. The van der Waals surface area contributed by atoms with Crippen LogP contribution in [0, 0.1) is 18.8 Å². The van der Waals surface area contributed by atoms with Gasteiger partial charge in [0.1, 0.15) is 10.6 Å². The van der Waals surface area contributed by atoms with E-state index in [1.807, 2.05) is 13.0 Å². The smallest absolute Gasteiger partial charge is 0.324 e. The van der Waals surface area contributed by atoms with Crippen molar-refractivity contribution < 1.29 is 21.6 Å². The zero-order valence-corrected chi connectivity index (χ0v) is 19.8. The molecule has 2 aromatic heterocycles. The fourth-order valence-corrected chi connectivity index (χ4v) is 7.83. The van der Waals surface area contributed by atoms with E-state index >= 15 is 0 Å². The SMILES string of the molecule is Cc1cc(Nc2nccc(C(F)(F)F)n2)cc(-c2cnc(S(=O)(=O)C(N)(C3CC3)C3CC3)s2)c1. The normalized spacial score (nSPS) is 17.1. The lowest BCUT2D eigenvalue weighted by atomic mass is 10.1. The number of thiazole rings is 1. The molecule has 2 saturated carbocycles. The van der Waals surface area contributed by atoms with Gasteiger partial charge in [-0.05, 0) is 73.8 Å². The van der Waals surface area contributed by atoms with Crippen LogP contribution in [-0.4, -0.2) is 28.2 Å². The Hall–Kier alpha value is -2.57. The first-order valence-electron chi connectivity index (χ1n) is 10.8. The van der Waals surface area contributed by atoms with Crippen molar-refractivity contribution in [1.82, 2.24) is 15.0 Å². The number of sulfone groups is 1. The lowest BCUT2D eigenvalue weighted by Crippen LogP contribution is -2.52. The van der Waals surface area contributed by atoms with Gasteiger partial charge in [-0.25, -0.2) is 23.4 Å². The zero-order chi connectivity index (χ0) is 24.3. The van der Waals surface area contributed by atoms with Crippen molar-refractivity contribution >= 4 is 32.8 Å². The van der Waals surface area contributed by atoms with Crippen LogP contribution in [0.2, 0.25) is 0 Å².